The van der Waals surface area contributed by atoms with Gasteiger partial charge in [-0.15, -0.1) is 10.2 Å². The zero-order valence-electron chi connectivity index (χ0n) is 19.3. The van der Waals surface area contributed by atoms with E-state index in [4.69, 9.17) is 0 Å². The summed E-state index contributed by atoms with van der Waals surface area (Å²) in [6, 6.07) is 40.3. The Bertz CT molecular complexity index is 1130. The molecule has 0 fully saturated rings. The van der Waals surface area contributed by atoms with E-state index in [1.165, 1.54) is 0 Å². The van der Waals surface area contributed by atoms with Crippen molar-refractivity contribution < 1.29 is 0 Å². The van der Waals surface area contributed by atoms with Crippen LogP contribution in [0.15, 0.2) is 142 Å². The minimum atomic E-state index is 0.702. The molecule has 0 unspecified atom stereocenters. The molecule has 0 aromatic heterocycles. The van der Waals surface area contributed by atoms with Gasteiger partial charge in [-0.1, -0.05) is 121 Å². The average Bonchev–Trinajstić information content (AvgIpc) is 2.91. The topological polar surface area (TPSA) is 49.4 Å². The van der Waals surface area contributed by atoms with E-state index < -0.39 is 0 Å². The van der Waals surface area contributed by atoms with Crippen molar-refractivity contribution in [1.29, 1.82) is 0 Å². The molecule has 4 nitrogen and oxygen atoms in total. The van der Waals surface area contributed by atoms with Crippen LogP contribution in [0.2, 0.25) is 0 Å². The van der Waals surface area contributed by atoms with Gasteiger partial charge >= 0.3 is 0 Å². The largest absolute Gasteiger partial charge is 0.153 e. The highest BCUT2D eigenvalue weighted by Gasteiger charge is 2.08. The molecular formula is C30H26N4. The second kappa shape index (κ2) is 11.4. The second-order valence-corrected chi connectivity index (χ2v) is 7.73. The lowest BCUT2D eigenvalue weighted by molar-refractivity contribution is 1.21. The first-order chi connectivity index (χ1) is 16.7. The number of hydrogen-bond acceptors (Lipinski definition) is 4. The third-order valence-corrected chi connectivity index (χ3v) is 5.31. The number of benzene rings is 4. The van der Waals surface area contributed by atoms with E-state index in [1.807, 2.05) is 135 Å². The highest BCUT2D eigenvalue weighted by Crippen LogP contribution is 2.13. The molecule has 0 aliphatic rings. The quantitative estimate of drug-likeness (QED) is 0.223. The van der Waals surface area contributed by atoms with Gasteiger partial charge in [-0.25, -0.2) is 0 Å². The van der Waals surface area contributed by atoms with Crippen molar-refractivity contribution in [2.75, 3.05) is 0 Å². The molecule has 0 atom stereocenters. The van der Waals surface area contributed by atoms with Crippen LogP contribution in [-0.2, 0) is 0 Å². The van der Waals surface area contributed by atoms with Crippen LogP contribution in [0.4, 0.5) is 0 Å². The molecule has 4 aromatic carbocycles. The molecule has 0 bridgehead atoms. The predicted molar refractivity (Wildman–Crippen MR) is 143 cm³/mol. The van der Waals surface area contributed by atoms with Gasteiger partial charge < -0.3 is 0 Å². The summed E-state index contributed by atoms with van der Waals surface area (Å²) in [5.41, 5.74) is 7.06. The minimum Gasteiger partial charge on any atom is -0.153 e. The van der Waals surface area contributed by atoms with Crippen molar-refractivity contribution >= 4 is 22.8 Å². The molecular weight excluding hydrogens is 416 g/mol. The smallest absolute Gasteiger partial charge is 0.100 e. The maximum absolute atomic E-state index is 4.60. The molecule has 0 amide bonds. The van der Waals surface area contributed by atoms with Crippen molar-refractivity contribution in [2.45, 2.75) is 13.8 Å². The fraction of sp³-hybridized carbons (Fsp3) is 0.0667. The van der Waals surface area contributed by atoms with Crippen LogP contribution in [0.3, 0.4) is 0 Å². The molecule has 0 aliphatic carbocycles. The van der Waals surface area contributed by atoms with Crippen molar-refractivity contribution in [3.63, 3.8) is 0 Å². The molecule has 0 saturated heterocycles. The Hall–Kier alpha value is -4.44. The van der Waals surface area contributed by atoms with Crippen LogP contribution in [-0.4, -0.2) is 22.8 Å². The molecule has 0 saturated carbocycles. The fourth-order valence-electron chi connectivity index (χ4n) is 3.34. The fourth-order valence-corrected chi connectivity index (χ4v) is 3.34. The Balaban J connectivity index is 1.68. The monoisotopic (exact) mass is 442 g/mol. The molecule has 166 valence electrons. The Morgan fingerprint density at radius 3 is 0.824 bits per heavy atom. The number of rotatable bonds is 7. The summed E-state index contributed by atoms with van der Waals surface area (Å²) in [7, 11) is 0. The molecule has 0 N–H and O–H groups in total. The molecule has 0 heterocycles. The standard InChI is InChI=1S/C30H26N4/c1-23(31-33-29(25-15-7-3-8-16-25)26-17-9-4-10-18-26)24(2)32-34-30(27-19-11-5-12-20-27)28-21-13-6-14-22-28/h3-22H,1-2H3/b31-23+,32-24+. The van der Waals surface area contributed by atoms with Crippen LogP contribution in [0, 0.1) is 0 Å². The highest BCUT2D eigenvalue weighted by atomic mass is 15.2. The van der Waals surface area contributed by atoms with E-state index in [-0.39, 0.29) is 0 Å². The molecule has 4 heteroatoms. The number of nitrogens with zero attached hydrogens (tertiary/aromatic N) is 4. The number of hydrogen-bond donors (Lipinski definition) is 0. The molecule has 4 aromatic rings. The summed E-state index contributed by atoms with van der Waals surface area (Å²) in [4.78, 5) is 0. The average molecular weight is 443 g/mol. The van der Waals surface area contributed by atoms with Gasteiger partial charge in [-0.3, -0.25) is 0 Å². The highest BCUT2D eigenvalue weighted by molar-refractivity contribution is 6.40. The van der Waals surface area contributed by atoms with E-state index in [1.54, 1.807) is 0 Å². The lowest BCUT2D eigenvalue weighted by Crippen LogP contribution is -2.08. The van der Waals surface area contributed by atoms with E-state index in [0.717, 1.165) is 33.7 Å². The first kappa shape index (κ1) is 22.7. The van der Waals surface area contributed by atoms with Crippen LogP contribution >= 0.6 is 0 Å². The summed E-state index contributed by atoms with van der Waals surface area (Å²) in [6.07, 6.45) is 0. The van der Waals surface area contributed by atoms with Crippen LogP contribution < -0.4 is 0 Å². The van der Waals surface area contributed by atoms with Gasteiger partial charge in [0.05, 0.1) is 11.4 Å². The van der Waals surface area contributed by atoms with Crippen molar-refractivity contribution in [1.82, 2.24) is 0 Å². The van der Waals surface area contributed by atoms with Crippen LogP contribution in [0.25, 0.3) is 0 Å². The summed E-state index contributed by atoms with van der Waals surface area (Å²) < 4.78 is 0. The second-order valence-electron chi connectivity index (χ2n) is 7.73. The third-order valence-electron chi connectivity index (χ3n) is 5.31. The molecule has 0 spiro atoms. The lowest BCUT2D eigenvalue weighted by Gasteiger charge is -2.06. The summed E-state index contributed by atoms with van der Waals surface area (Å²) >= 11 is 0. The summed E-state index contributed by atoms with van der Waals surface area (Å²) in [6.45, 7) is 3.80. The van der Waals surface area contributed by atoms with Gasteiger partial charge in [0, 0.05) is 22.3 Å². The van der Waals surface area contributed by atoms with Gasteiger partial charge in [0.25, 0.3) is 0 Å². The first-order valence-electron chi connectivity index (χ1n) is 11.2. The van der Waals surface area contributed by atoms with Gasteiger partial charge in [0.15, 0.2) is 0 Å². The predicted octanol–water partition coefficient (Wildman–Crippen LogP) is 6.81. The molecule has 4 rings (SSSR count). The van der Waals surface area contributed by atoms with E-state index in [2.05, 4.69) is 20.4 Å². The molecule has 34 heavy (non-hydrogen) atoms. The Morgan fingerprint density at radius 2 is 0.588 bits per heavy atom. The Morgan fingerprint density at radius 1 is 0.353 bits per heavy atom. The minimum absolute atomic E-state index is 0.702. The third kappa shape index (κ3) is 5.87. The van der Waals surface area contributed by atoms with Crippen LogP contribution in [0.1, 0.15) is 36.1 Å². The van der Waals surface area contributed by atoms with E-state index >= 15 is 0 Å². The van der Waals surface area contributed by atoms with Gasteiger partial charge in [-0.2, -0.15) is 10.2 Å². The van der Waals surface area contributed by atoms with Gasteiger partial charge in [0.1, 0.15) is 11.4 Å². The van der Waals surface area contributed by atoms with E-state index in [0.29, 0.717) is 11.4 Å². The summed E-state index contributed by atoms with van der Waals surface area (Å²) in [5.74, 6) is 0. The lowest BCUT2D eigenvalue weighted by atomic mass is 10.0. The Labute approximate surface area is 200 Å². The molecule has 0 radical (unpaired) electrons. The summed E-state index contributed by atoms with van der Waals surface area (Å²) in [5, 5.41) is 18.2. The Kier molecular flexibility index (Phi) is 7.65. The maximum Gasteiger partial charge on any atom is 0.100 e. The van der Waals surface area contributed by atoms with Crippen molar-refractivity contribution in [2.24, 2.45) is 20.4 Å². The SMILES string of the molecule is CC(=N\N=C(c1ccccc1)c1ccccc1)/C(C)=N/N=C(c1ccccc1)c1ccccc1. The van der Waals surface area contributed by atoms with E-state index in [9.17, 15) is 0 Å². The zero-order chi connectivity index (χ0) is 23.6. The first-order valence-corrected chi connectivity index (χ1v) is 11.2. The normalized spacial score (nSPS) is 11.6. The van der Waals surface area contributed by atoms with Crippen molar-refractivity contribution in [3.8, 4) is 0 Å². The van der Waals surface area contributed by atoms with Crippen molar-refractivity contribution in [3.05, 3.63) is 144 Å². The van der Waals surface area contributed by atoms with Gasteiger partial charge in [0.2, 0.25) is 0 Å². The maximum atomic E-state index is 4.60. The van der Waals surface area contributed by atoms with Crippen LogP contribution in [0.5, 0.6) is 0 Å². The zero-order valence-corrected chi connectivity index (χ0v) is 19.3. The van der Waals surface area contributed by atoms with Gasteiger partial charge in [-0.05, 0) is 13.8 Å². The molecule has 0 aliphatic heterocycles.